The van der Waals surface area contributed by atoms with E-state index in [0.29, 0.717) is 11.5 Å². The molecule has 1 heterocycles. The monoisotopic (exact) mass is 340 g/mol. The Morgan fingerprint density at radius 1 is 1.20 bits per heavy atom. The van der Waals surface area contributed by atoms with Gasteiger partial charge in [-0.3, -0.25) is 4.79 Å². The second-order valence-electron chi connectivity index (χ2n) is 7.33. The summed E-state index contributed by atoms with van der Waals surface area (Å²) in [6.07, 6.45) is 2.28. The summed E-state index contributed by atoms with van der Waals surface area (Å²) in [5.41, 5.74) is 5.21. The Kier molecular flexibility index (Phi) is 5.00. The van der Waals surface area contributed by atoms with Crippen molar-refractivity contribution in [1.82, 2.24) is 9.88 Å². The maximum atomic E-state index is 12.8. The summed E-state index contributed by atoms with van der Waals surface area (Å²) in [7, 11) is 0. The molecule has 1 saturated carbocycles. The highest BCUT2D eigenvalue weighted by Gasteiger charge is 2.33. The zero-order chi connectivity index (χ0) is 18.1. The summed E-state index contributed by atoms with van der Waals surface area (Å²) in [5.74, 6) is 0.361. The summed E-state index contributed by atoms with van der Waals surface area (Å²) in [5, 5.41) is 12.7. The first kappa shape index (κ1) is 17.7. The molecule has 1 atom stereocenters. The van der Waals surface area contributed by atoms with E-state index in [1.165, 1.54) is 0 Å². The van der Waals surface area contributed by atoms with Crippen molar-refractivity contribution < 1.29 is 9.90 Å². The quantitative estimate of drug-likeness (QED) is 0.872. The van der Waals surface area contributed by atoms with E-state index in [2.05, 4.69) is 49.7 Å². The number of nitrogens with zero attached hydrogens (tertiary/aromatic N) is 1. The van der Waals surface area contributed by atoms with Crippen molar-refractivity contribution >= 4 is 5.91 Å². The highest BCUT2D eigenvalue weighted by molar-refractivity contribution is 5.95. The molecule has 2 aromatic rings. The molecule has 1 fully saturated rings. The van der Waals surface area contributed by atoms with Gasteiger partial charge in [0, 0.05) is 28.7 Å². The van der Waals surface area contributed by atoms with Gasteiger partial charge < -0.3 is 15.0 Å². The summed E-state index contributed by atoms with van der Waals surface area (Å²) in [6, 6.07) is 10.2. The van der Waals surface area contributed by atoms with Crippen LogP contribution in [0.4, 0.5) is 0 Å². The molecule has 1 aromatic carbocycles. The van der Waals surface area contributed by atoms with Gasteiger partial charge in [0.2, 0.25) is 0 Å². The van der Waals surface area contributed by atoms with Crippen LogP contribution in [0, 0.1) is 26.7 Å². The van der Waals surface area contributed by atoms with Gasteiger partial charge in [-0.25, -0.2) is 0 Å². The Morgan fingerprint density at radius 3 is 2.40 bits per heavy atom. The SMILES string of the molecule is CC[C@H](NC(=O)c1ccc(C)c(-n2c(C)ccc2C)c1)C1CC(O)C1. The van der Waals surface area contributed by atoms with Gasteiger partial charge in [-0.1, -0.05) is 13.0 Å². The molecule has 1 aromatic heterocycles. The maximum absolute atomic E-state index is 12.8. The van der Waals surface area contributed by atoms with E-state index in [-0.39, 0.29) is 18.1 Å². The van der Waals surface area contributed by atoms with Gasteiger partial charge in [-0.05, 0) is 75.8 Å². The molecule has 1 aliphatic carbocycles. The average molecular weight is 340 g/mol. The highest BCUT2D eigenvalue weighted by Crippen LogP contribution is 2.31. The van der Waals surface area contributed by atoms with Crippen LogP contribution in [-0.4, -0.2) is 27.7 Å². The lowest BCUT2D eigenvalue weighted by Gasteiger charge is -2.37. The van der Waals surface area contributed by atoms with Crippen molar-refractivity contribution in [2.24, 2.45) is 5.92 Å². The first-order valence-electron chi connectivity index (χ1n) is 9.15. The number of hydrogen-bond acceptors (Lipinski definition) is 2. The van der Waals surface area contributed by atoms with Gasteiger partial charge in [0.15, 0.2) is 0 Å². The molecular formula is C21H28N2O2. The van der Waals surface area contributed by atoms with Crippen molar-refractivity contribution in [3.8, 4) is 5.69 Å². The first-order valence-corrected chi connectivity index (χ1v) is 9.15. The number of aromatic nitrogens is 1. The normalized spacial score (nSPS) is 20.8. The van der Waals surface area contributed by atoms with Gasteiger partial charge in [0.25, 0.3) is 5.91 Å². The van der Waals surface area contributed by atoms with E-state index in [1.54, 1.807) is 0 Å². The number of benzene rings is 1. The number of nitrogens with one attached hydrogen (secondary N) is 1. The van der Waals surface area contributed by atoms with Gasteiger partial charge in [0.1, 0.15) is 0 Å². The zero-order valence-electron chi connectivity index (χ0n) is 15.5. The molecule has 0 saturated heterocycles. The molecule has 134 valence electrons. The lowest BCUT2D eigenvalue weighted by atomic mass is 9.76. The zero-order valence-corrected chi connectivity index (χ0v) is 15.5. The molecule has 0 bridgehead atoms. The Hall–Kier alpha value is -2.07. The smallest absolute Gasteiger partial charge is 0.251 e. The fraction of sp³-hybridized carbons (Fsp3) is 0.476. The number of aliphatic hydroxyl groups is 1. The molecule has 25 heavy (non-hydrogen) atoms. The summed E-state index contributed by atoms with van der Waals surface area (Å²) in [4.78, 5) is 12.8. The van der Waals surface area contributed by atoms with Crippen molar-refractivity contribution in [3.63, 3.8) is 0 Å². The van der Waals surface area contributed by atoms with Crippen LogP contribution in [0.2, 0.25) is 0 Å². The third-order valence-corrected chi connectivity index (χ3v) is 5.46. The van der Waals surface area contributed by atoms with Crippen molar-refractivity contribution in [1.29, 1.82) is 0 Å². The van der Waals surface area contributed by atoms with Crippen LogP contribution >= 0.6 is 0 Å². The van der Waals surface area contributed by atoms with Crippen LogP contribution in [-0.2, 0) is 0 Å². The van der Waals surface area contributed by atoms with Gasteiger partial charge in [0.05, 0.1) is 6.10 Å². The molecule has 4 nitrogen and oxygen atoms in total. The number of carbonyl (C=O) groups excluding carboxylic acids is 1. The fourth-order valence-corrected chi connectivity index (χ4v) is 3.80. The van der Waals surface area contributed by atoms with E-state index in [4.69, 9.17) is 0 Å². The number of amides is 1. The van der Waals surface area contributed by atoms with Crippen molar-refractivity contribution in [2.45, 2.75) is 59.1 Å². The maximum Gasteiger partial charge on any atom is 0.251 e. The Balaban J connectivity index is 1.83. The predicted octanol–water partition coefficient (Wildman–Crippen LogP) is 3.68. The average Bonchev–Trinajstić information content (AvgIpc) is 2.89. The first-order chi connectivity index (χ1) is 11.9. The standard InChI is InChI=1S/C21H28N2O2/c1-5-19(17-10-18(24)11-17)22-21(25)16-9-6-13(2)20(12-16)23-14(3)7-8-15(23)4/h6-9,12,17-19,24H,5,10-11H2,1-4H3,(H,22,25)/t17?,18?,19-/m0/s1. The third-order valence-electron chi connectivity index (χ3n) is 5.46. The van der Waals surface area contributed by atoms with Crippen molar-refractivity contribution in [3.05, 3.63) is 52.8 Å². The molecule has 0 radical (unpaired) electrons. The van der Waals surface area contributed by atoms with E-state index < -0.39 is 0 Å². The number of carbonyl (C=O) groups is 1. The molecule has 2 N–H and O–H groups in total. The number of aliphatic hydroxyl groups excluding tert-OH is 1. The van der Waals surface area contributed by atoms with Gasteiger partial charge >= 0.3 is 0 Å². The number of aryl methyl sites for hydroxylation is 3. The Labute approximate surface area is 149 Å². The van der Waals surface area contributed by atoms with E-state index in [9.17, 15) is 9.90 Å². The van der Waals surface area contributed by atoms with Gasteiger partial charge in [-0.15, -0.1) is 0 Å². The van der Waals surface area contributed by atoms with E-state index in [0.717, 1.165) is 41.9 Å². The molecule has 4 heteroatoms. The number of hydrogen-bond donors (Lipinski definition) is 2. The second kappa shape index (κ2) is 7.04. The molecule has 3 rings (SSSR count). The summed E-state index contributed by atoms with van der Waals surface area (Å²) < 4.78 is 2.19. The summed E-state index contributed by atoms with van der Waals surface area (Å²) >= 11 is 0. The molecule has 1 aliphatic rings. The predicted molar refractivity (Wildman–Crippen MR) is 100 cm³/mol. The third kappa shape index (κ3) is 3.49. The Bertz CT molecular complexity index is 753. The van der Waals surface area contributed by atoms with Crippen LogP contribution in [0.1, 0.15) is 53.5 Å². The van der Waals surface area contributed by atoms with E-state index >= 15 is 0 Å². The minimum Gasteiger partial charge on any atom is -0.393 e. The van der Waals surface area contributed by atoms with Crippen molar-refractivity contribution in [2.75, 3.05) is 0 Å². The lowest BCUT2D eigenvalue weighted by Crippen LogP contribution is -2.46. The molecule has 0 unspecified atom stereocenters. The van der Waals surface area contributed by atoms with Gasteiger partial charge in [-0.2, -0.15) is 0 Å². The highest BCUT2D eigenvalue weighted by atomic mass is 16.3. The van der Waals surface area contributed by atoms with Crippen LogP contribution in [0.15, 0.2) is 30.3 Å². The largest absolute Gasteiger partial charge is 0.393 e. The minimum atomic E-state index is -0.193. The topological polar surface area (TPSA) is 54.3 Å². The summed E-state index contributed by atoms with van der Waals surface area (Å²) in [6.45, 7) is 8.31. The van der Waals surface area contributed by atoms with Crippen LogP contribution in [0.25, 0.3) is 5.69 Å². The molecule has 0 spiro atoms. The fourth-order valence-electron chi connectivity index (χ4n) is 3.80. The van der Waals surface area contributed by atoms with E-state index in [1.807, 2.05) is 18.2 Å². The minimum absolute atomic E-state index is 0.0306. The second-order valence-corrected chi connectivity index (χ2v) is 7.33. The van der Waals surface area contributed by atoms with Crippen LogP contribution < -0.4 is 5.32 Å². The molecule has 1 amide bonds. The number of rotatable bonds is 5. The lowest BCUT2D eigenvalue weighted by molar-refractivity contribution is 0.0232. The Morgan fingerprint density at radius 2 is 1.84 bits per heavy atom. The molecular weight excluding hydrogens is 312 g/mol. The molecule has 0 aliphatic heterocycles. The van der Waals surface area contributed by atoms with Crippen LogP contribution in [0.3, 0.4) is 0 Å². The van der Waals surface area contributed by atoms with Crippen LogP contribution in [0.5, 0.6) is 0 Å².